The minimum absolute atomic E-state index is 0.451. The molecular weight excluding hydrogens is 354 g/mol. The fourth-order valence-corrected chi connectivity index (χ4v) is 2.82. The summed E-state index contributed by atoms with van der Waals surface area (Å²) < 4.78 is 13.1. The number of benzene rings is 2. The van der Waals surface area contributed by atoms with Crippen molar-refractivity contribution >= 4 is 11.7 Å². The van der Waals surface area contributed by atoms with E-state index in [0.29, 0.717) is 25.0 Å². The second-order valence-electron chi connectivity index (χ2n) is 6.34. The fourth-order valence-electron chi connectivity index (χ4n) is 2.82. The maximum absolute atomic E-state index is 5.89. The van der Waals surface area contributed by atoms with E-state index in [1.165, 1.54) is 0 Å². The summed E-state index contributed by atoms with van der Waals surface area (Å²) in [5.74, 6) is 0.691. The van der Waals surface area contributed by atoms with Gasteiger partial charge in [0.05, 0.1) is 30.9 Å². The summed E-state index contributed by atoms with van der Waals surface area (Å²) in [6, 6.07) is 14.5. The van der Waals surface area contributed by atoms with Crippen molar-refractivity contribution in [3.8, 4) is 17.0 Å². The Morgan fingerprint density at radius 3 is 2.75 bits per heavy atom. The normalized spacial score (nSPS) is 10.9. The van der Waals surface area contributed by atoms with Gasteiger partial charge in [0, 0.05) is 17.9 Å². The Morgan fingerprint density at radius 1 is 1.14 bits per heavy atom. The summed E-state index contributed by atoms with van der Waals surface area (Å²) in [4.78, 5) is 4.36. The molecule has 4 aromatic rings. The molecule has 0 aliphatic rings. The topological polar surface area (TPSA) is 78.0 Å². The minimum atomic E-state index is 0.451. The lowest BCUT2D eigenvalue weighted by molar-refractivity contribution is 0.134. The molecule has 0 aliphatic heterocycles. The average molecular weight is 375 g/mol. The van der Waals surface area contributed by atoms with Gasteiger partial charge in [-0.15, -0.1) is 5.10 Å². The van der Waals surface area contributed by atoms with E-state index in [1.54, 1.807) is 23.3 Å². The molecule has 0 fully saturated rings. The van der Waals surface area contributed by atoms with Crippen LogP contribution < -0.4 is 5.32 Å². The fraction of sp³-hybridized carbons (Fsp3) is 0.190. The SMILES string of the molecule is CCOCc1ccc(C)c(Nc2ncc(-c3ccc(-n4ccnn4)cc3)o2)c1. The van der Waals surface area contributed by atoms with Gasteiger partial charge in [-0.05, 0) is 55.3 Å². The molecule has 142 valence electrons. The number of nitrogens with zero attached hydrogens (tertiary/aromatic N) is 4. The molecule has 0 saturated carbocycles. The van der Waals surface area contributed by atoms with Crippen LogP contribution in [0.4, 0.5) is 11.7 Å². The highest BCUT2D eigenvalue weighted by Gasteiger charge is 2.09. The van der Waals surface area contributed by atoms with Crippen LogP contribution in [0, 0.1) is 6.92 Å². The number of oxazole rings is 1. The van der Waals surface area contributed by atoms with Crippen LogP contribution in [0.5, 0.6) is 0 Å². The van der Waals surface area contributed by atoms with E-state index in [9.17, 15) is 0 Å². The summed E-state index contributed by atoms with van der Waals surface area (Å²) in [7, 11) is 0. The smallest absolute Gasteiger partial charge is 0.299 e. The van der Waals surface area contributed by atoms with Crippen molar-refractivity contribution in [1.29, 1.82) is 0 Å². The minimum Gasteiger partial charge on any atom is -0.423 e. The van der Waals surface area contributed by atoms with Crippen molar-refractivity contribution in [1.82, 2.24) is 20.0 Å². The Bertz CT molecular complexity index is 1040. The molecule has 0 amide bonds. The Morgan fingerprint density at radius 2 is 2.00 bits per heavy atom. The van der Waals surface area contributed by atoms with Gasteiger partial charge in [-0.3, -0.25) is 0 Å². The summed E-state index contributed by atoms with van der Waals surface area (Å²) in [6.45, 7) is 5.30. The van der Waals surface area contributed by atoms with Gasteiger partial charge in [0.25, 0.3) is 6.01 Å². The predicted molar refractivity (Wildman–Crippen MR) is 107 cm³/mol. The lowest BCUT2D eigenvalue weighted by atomic mass is 10.1. The van der Waals surface area contributed by atoms with E-state index in [1.807, 2.05) is 38.1 Å². The van der Waals surface area contributed by atoms with Crippen LogP contribution in [-0.2, 0) is 11.3 Å². The van der Waals surface area contributed by atoms with Crippen LogP contribution in [0.15, 0.2) is 65.5 Å². The largest absolute Gasteiger partial charge is 0.423 e. The molecule has 0 atom stereocenters. The third-order valence-corrected chi connectivity index (χ3v) is 4.36. The molecule has 0 unspecified atom stereocenters. The third kappa shape index (κ3) is 3.94. The second-order valence-corrected chi connectivity index (χ2v) is 6.34. The molecule has 0 aliphatic carbocycles. The Labute approximate surface area is 163 Å². The Kier molecular flexibility index (Phi) is 5.16. The molecule has 0 bridgehead atoms. The lowest BCUT2D eigenvalue weighted by Crippen LogP contribution is -1.97. The van der Waals surface area contributed by atoms with Gasteiger partial charge in [-0.25, -0.2) is 9.67 Å². The second kappa shape index (κ2) is 8.06. The van der Waals surface area contributed by atoms with Gasteiger partial charge in [0.1, 0.15) is 0 Å². The number of ether oxygens (including phenoxy) is 1. The highest BCUT2D eigenvalue weighted by Crippen LogP contribution is 2.27. The maximum Gasteiger partial charge on any atom is 0.299 e. The molecule has 2 aromatic heterocycles. The van der Waals surface area contributed by atoms with Crippen molar-refractivity contribution in [3.63, 3.8) is 0 Å². The zero-order chi connectivity index (χ0) is 19.3. The van der Waals surface area contributed by atoms with Crippen LogP contribution in [-0.4, -0.2) is 26.6 Å². The zero-order valence-corrected chi connectivity index (χ0v) is 15.8. The number of hydrogen-bond acceptors (Lipinski definition) is 6. The highest BCUT2D eigenvalue weighted by molar-refractivity contribution is 5.62. The first-order valence-electron chi connectivity index (χ1n) is 9.10. The predicted octanol–water partition coefficient (Wildman–Crippen LogP) is 4.51. The molecule has 2 aromatic carbocycles. The summed E-state index contributed by atoms with van der Waals surface area (Å²) in [5.41, 5.74) is 5.03. The molecule has 7 heteroatoms. The lowest BCUT2D eigenvalue weighted by Gasteiger charge is -2.09. The summed E-state index contributed by atoms with van der Waals surface area (Å²) in [5, 5.41) is 11.1. The van der Waals surface area contributed by atoms with Crippen LogP contribution in [0.3, 0.4) is 0 Å². The standard InChI is InChI=1S/C21H21N5O2/c1-3-27-14-16-5-4-15(2)19(12-16)24-21-22-13-20(28-21)17-6-8-18(9-7-17)26-11-10-23-25-26/h4-13H,3,14H2,1-2H3,(H,22,24). The molecule has 4 rings (SSSR count). The van der Waals surface area contributed by atoms with E-state index in [4.69, 9.17) is 9.15 Å². The number of rotatable bonds is 7. The number of anilines is 2. The van der Waals surface area contributed by atoms with Gasteiger partial charge in [-0.2, -0.15) is 0 Å². The number of hydrogen-bond donors (Lipinski definition) is 1. The van der Waals surface area contributed by atoms with Crippen LogP contribution in [0.25, 0.3) is 17.0 Å². The van der Waals surface area contributed by atoms with Crippen molar-refractivity contribution in [2.75, 3.05) is 11.9 Å². The van der Waals surface area contributed by atoms with Crippen molar-refractivity contribution < 1.29 is 9.15 Å². The summed E-state index contributed by atoms with van der Waals surface area (Å²) in [6.07, 6.45) is 5.16. The average Bonchev–Trinajstić information content (AvgIpc) is 3.41. The molecule has 2 heterocycles. The van der Waals surface area contributed by atoms with Crippen LogP contribution >= 0.6 is 0 Å². The molecule has 0 saturated heterocycles. The number of nitrogens with one attached hydrogen (secondary N) is 1. The third-order valence-electron chi connectivity index (χ3n) is 4.36. The van der Waals surface area contributed by atoms with Crippen molar-refractivity contribution in [2.24, 2.45) is 0 Å². The van der Waals surface area contributed by atoms with E-state index in [2.05, 4.69) is 38.8 Å². The maximum atomic E-state index is 5.89. The first-order valence-corrected chi connectivity index (χ1v) is 9.10. The van der Waals surface area contributed by atoms with E-state index in [0.717, 1.165) is 28.1 Å². The Hall–Kier alpha value is -3.45. The monoisotopic (exact) mass is 375 g/mol. The van der Waals surface area contributed by atoms with E-state index < -0.39 is 0 Å². The highest BCUT2D eigenvalue weighted by atomic mass is 16.5. The number of aromatic nitrogens is 4. The van der Waals surface area contributed by atoms with E-state index in [-0.39, 0.29) is 0 Å². The summed E-state index contributed by atoms with van der Waals surface area (Å²) >= 11 is 0. The van der Waals surface area contributed by atoms with Crippen molar-refractivity contribution in [2.45, 2.75) is 20.5 Å². The molecule has 0 radical (unpaired) electrons. The first kappa shape index (κ1) is 17.9. The first-order chi connectivity index (χ1) is 13.7. The zero-order valence-electron chi connectivity index (χ0n) is 15.8. The molecule has 0 spiro atoms. The van der Waals surface area contributed by atoms with E-state index >= 15 is 0 Å². The molecule has 1 N–H and O–H groups in total. The number of aryl methyl sites for hydroxylation is 1. The molecule has 28 heavy (non-hydrogen) atoms. The molecule has 7 nitrogen and oxygen atoms in total. The van der Waals surface area contributed by atoms with Gasteiger partial charge in [-0.1, -0.05) is 17.3 Å². The Balaban J connectivity index is 1.50. The van der Waals surface area contributed by atoms with Gasteiger partial charge >= 0.3 is 0 Å². The van der Waals surface area contributed by atoms with Gasteiger partial charge < -0.3 is 14.5 Å². The van der Waals surface area contributed by atoms with Gasteiger partial charge in [0.2, 0.25) is 0 Å². The van der Waals surface area contributed by atoms with Crippen LogP contribution in [0.1, 0.15) is 18.1 Å². The van der Waals surface area contributed by atoms with Crippen molar-refractivity contribution in [3.05, 3.63) is 72.2 Å². The van der Waals surface area contributed by atoms with Crippen LogP contribution in [0.2, 0.25) is 0 Å². The molecular formula is C21H21N5O2. The van der Waals surface area contributed by atoms with Gasteiger partial charge in [0.15, 0.2) is 5.76 Å². The quantitative estimate of drug-likeness (QED) is 0.512.